The summed E-state index contributed by atoms with van der Waals surface area (Å²) in [6.07, 6.45) is 37.4. The lowest BCUT2D eigenvalue weighted by molar-refractivity contribution is -0.117. The van der Waals surface area contributed by atoms with E-state index in [-0.39, 0.29) is 36.6 Å². The van der Waals surface area contributed by atoms with Gasteiger partial charge in [0.25, 0.3) is 0 Å². The molecule has 0 unspecified atom stereocenters. The first-order valence-corrected chi connectivity index (χ1v) is 29.6. The van der Waals surface area contributed by atoms with Gasteiger partial charge in [0.1, 0.15) is 71.0 Å². The molecule has 0 bridgehead atoms. The number of nitrogens with zero attached hydrogens (tertiary/aromatic N) is 17. The number of carbonyl (C=O) groups is 3. The number of piperidine rings is 2. The molecule has 0 aromatic carbocycles. The van der Waals surface area contributed by atoms with Gasteiger partial charge in [0.15, 0.2) is 5.78 Å². The number of aromatic nitrogens is 17. The van der Waals surface area contributed by atoms with Crippen molar-refractivity contribution in [2.45, 2.75) is 51.6 Å². The standard InChI is InChI=1S/C22H22N8O.C17H12ClN7O.C11H8ClN3O.C7H5ClN2.C5H11N/c31-20(28-19-5-4-16(12-25-19)18-13-23-7-8-24-18)14-30-11-6-17-21(26-15-27-22(17)30)29-9-2-1-3-10-29;18-16-12-3-6-25(17(12)23-10-22-16)9-15(26)24-14-2-1-11(7-21-14)13-8-19-4-5-20-13;12-5-11(16)9-2-1-8(6-15-9)10-7-13-3-4-14-10;8-6-2-4-10-7-5(6)1-3-9-7;1-2-4-6-5-3-1/h4-8,11-13,15H,1-3,9-10,14H2,(H,25,28,31);1-8,10H,9H2,(H,21,24,26);1-4,6-7H,5H2;1-4H,(H,9,10);6H,1-5H2. The predicted octanol–water partition coefficient (Wildman–Crippen LogP) is 10.4. The first-order valence-electron chi connectivity index (χ1n) is 28.3. The molecule has 14 heterocycles. The Hall–Kier alpha value is -10.1. The summed E-state index contributed by atoms with van der Waals surface area (Å²) in [5.41, 5.74) is 7.21. The second-order valence-corrected chi connectivity index (χ2v) is 20.9. The quantitative estimate of drug-likeness (QED) is 0.0502. The Bertz CT molecular complexity index is 4200. The van der Waals surface area contributed by atoms with Crippen molar-refractivity contribution in [3.05, 3.63) is 188 Å². The van der Waals surface area contributed by atoms with Gasteiger partial charge in [0.05, 0.1) is 57.3 Å². The van der Waals surface area contributed by atoms with Crippen LogP contribution in [-0.2, 0) is 22.7 Å². The smallest absolute Gasteiger partial charge is 0.245 e. The fourth-order valence-electron chi connectivity index (χ4n) is 9.34. The summed E-state index contributed by atoms with van der Waals surface area (Å²) in [7, 11) is 0. The van der Waals surface area contributed by atoms with E-state index in [0.29, 0.717) is 39.2 Å². The zero-order chi connectivity index (χ0) is 61.6. The van der Waals surface area contributed by atoms with Gasteiger partial charge in [0.2, 0.25) is 11.8 Å². The van der Waals surface area contributed by atoms with Gasteiger partial charge in [-0.2, -0.15) is 0 Å². The summed E-state index contributed by atoms with van der Waals surface area (Å²) in [5, 5.41) is 12.6. The van der Waals surface area contributed by atoms with E-state index in [4.69, 9.17) is 34.8 Å². The Morgan fingerprint density at radius 3 is 1.52 bits per heavy atom. The van der Waals surface area contributed by atoms with Gasteiger partial charge in [-0.05, 0) is 106 Å². The van der Waals surface area contributed by atoms with Crippen LogP contribution in [0.3, 0.4) is 0 Å². The zero-order valence-corrected chi connectivity index (χ0v) is 50.1. The van der Waals surface area contributed by atoms with Gasteiger partial charge < -0.3 is 35.0 Å². The Labute approximate surface area is 525 Å². The Morgan fingerprint density at radius 1 is 0.494 bits per heavy atom. The number of carbonyl (C=O) groups excluding carboxylic acids is 3. The number of nitrogens with one attached hydrogen (secondary N) is 4. The molecular weight excluding hydrogens is 1190 g/mol. The van der Waals surface area contributed by atoms with Gasteiger partial charge >= 0.3 is 0 Å². The van der Waals surface area contributed by atoms with E-state index < -0.39 is 0 Å². The Kier molecular flexibility index (Phi) is 21.9. The summed E-state index contributed by atoms with van der Waals surface area (Å²) in [5.74, 6) is 1.24. The van der Waals surface area contributed by atoms with Crippen LogP contribution < -0.4 is 20.9 Å². The number of anilines is 3. The number of pyridine rings is 4. The number of aromatic amines is 1. The fourth-order valence-corrected chi connectivity index (χ4v) is 9.88. The van der Waals surface area contributed by atoms with Gasteiger partial charge in [-0.1, -0.05) is 29.6 Å². The molecule has 24 nitrogen and oxygen atoms in total. The molecule has 27 heteroatoms. The van der Waals surface area contributed by atoms with Crippen molar-refractivity contribution < 1.29 is 14.4 Å². The summed E-state index contributed by atoms with van der Waals surface area (Å²) < 4.78 is 3.54. The van der Waals surface area contributed by atoms with E-state index in [0.717, 1.165) is 74.1 Å². The van der Waals surface area contributed by atoms with Crippen LogP contribution in [0.15, 0.2) is 172 Å². The molecule has 0 spiro atoms. The average Bonchev–Trinajstić information content (AvgIpc) is 3.10. The summed E-state index contributed by atoms with van der Waals surface area (Å²) in [6.45, 7) is 4.75. The predicted molar refractivity (Wildman–Crippen MR) is 342 cm³/mol. The van der Waals surface area contributed by atoms with Crippen molar-refractivity contribution in [1.29, 1.82) is 0 Å². The van der Waals surface area contributed by atoms with Gasteiger partial charge in [-0.3, -0.25) is 49.3 Å². The van der Waals surface area contributed by atoms with Crippen LogP contribution in [0.2, 0.25) is 10.2 Å². The van der Waals surface area contributed by atoms with E-state index in [1.807, 2.05) is 41.2 Å². The molecule has 2 fully saturated rings. The normalized spacial score (nSPS) is 12.6. The molecule has 2 amide bonds. The maximum absolute atomic E-state index is 12.6. The number of hydrogen-bond acceptors (Lipinski definition) is 19. The number of H-pyrrole nitrogens is 1. The first-order chi connectivity index (χ1) is 43.7. The van der Waals surface area contributed by atoms with Crippen LogP contribution in [-0.4, -0.2) is 134 Å². The number of rotatable bonds is 12. The van der Waals surface area contributed by atoms with Crippen LogP contribution in [0.5, 0.6) is 0 Å². The zero-order valence-electron chi connectivity index (χ0n) is 47.8. The molecule has 4 N–H and O–H groups in total. The first kappa shape index (κ1) is 61.9. The van der Waals surface area contributed by atoms with Crippen LogP contribution >= 0.6 is 34.8 Å². The number of ketones is 1. The highest BCUT2D eigenvalue weighted by Gasteiger charge is 2.19. The minimum absolute atomic E-state index is 0.0580. The molecule has 2 aliphatic rings. The van der Waals surface area contributed by atoms with Crippen LogP contribution in [0.1, 0.15) is 49.0 Å². The Morgan fingerprint density at radius 2 is 1.03 bits per heavy atom. The molecule has 450 valence electrons. The molecule has 0 atom stereocenters. The Balaban J connectivity index is 0.000000134. The lowest BCUT2D eigenvalue weighted by atomic mass is 10.1. The minimum atomic E-state index is -0.225. The number of hydrogen-bond donors (Lipinski definition) is 4. The van der Waals surface area contributed by atoms with Crippen LogP contribution in [0.25, 0.3) is 66.9 Å². The molecule has 0 saturated carbocycles. The van der Waals surface area contributed by atoms with E-state index in [1.54, 1.807) is 134 Å². The number of Topliss-reactive ketones (excluding diaryl/α,β-unsaturated/α-hetero) is 1. The number of amides is 2. The molecule has 2 saturated heterocycles. The third-order valence-electron chi connectivity index (χ3n) is 13.7. The highest BCUT2D eigenvalue weighted by atomic mass is 35.5. The number of halogens is 3. The molecule has 0 aliphatic carbocycles. The van der Waals surface area contributed by atoms with Crippen LogP contribution in [0, 0.1) is 0 Å². The third-order valence-corrected chi connectivity index (χ3v) is 14.6. The molecular formula is C62H58Cl3N21O3. The van der Waals surface area contributed by atoms with Gasteiger partial charge in [-0.25, -0.2) is 34.9 Å². The highest BCUT2D eigenvalue weighted by molar-refractivity contribution is 6.35. The van der Waals surface area contributed by atoms with Crippen molar-refractivity contribution >= 4 is 103 Å². The second-order valence-electron chi connectivity index (χ2n) is 19.8. The van der Waals surface area contributed by atoms with Crippen LogP contribution in [0.4, 0.5) is 17.5 Å². The maximum atomic E-state index is 12.6. The van der Waals surface area contributed by atoms with Crippen molar-refractivity contribution in [3.8, 4) is 33.8 Å². The molecule has 0 radical (unpaired) electrons. The highest BCUT2D eigenvalue weighted by Crippen LogP contribution is 2.27. The SMILES string of the molecule is C1CCNCC1.Clc1ccnc2[nH]ccc12.O=C(CCl)c1ccc(-c2cnccn2)cn1.O=C(Cn1ccc2c(Cl)ncnc21)Nc1ccc(-c2cnccn2)cn1.O=C(Cn1ccc2c(N3CCCCC3)ncnc21)Nc1ccc(-c2cnccn2)cn1. The van der Waals surface area contributed by atoms with E-state index in [9.17, 15) is 14.4 Å². The van der Waals surface area contributed by atoms with Gasteiger partial charge in [0, 0.05) is 116 Å². The number of fused-ring (bicyclic) bond motifs is 3. The van der Waals surface area contributed by atoms with Crippen molar-refractivity contribution in [3.63, 3.8) is 0 Å². The van der Waals surface area contributed by atoms with E-state index in [1.165, 1.54) is 57.9 Å². The van der Waals surface area contributed by atoms with E-state index in [2.05, 4.69) is 95.6 Å². The van der Waals surface area contributed by atoms with E-state index >= 15 is 0 Å². The summed E-state index contributed by atoms with van der Waals surface area (Å²) in [4.78, 5) is 99.7. The second kappa shape index (κ2) is 31.5. The largest absolute Gasteiger partial charge is 0.356 e. The third kappa shape index (κ3) is 17.1. The van der Waals surface area contributed by atoms with Crippen molar-refractivity contribution in [2.24, 2.45) is 0 Å². The maximum Gasteiger partial charge on any atom is 0.245 e. The summed E-state index contributed by atoms with van der Waals surface area (Å²) in [6, 6.07) is 18.0. The lowest BCUT2D eigenvalue weighted by Gasteiger charge is -2.28. The van der Waals surface area contributed by atoms with Crippen molar-refractivity contribution in [1.82, 2.24) is 89.2 Å². The topological polar surface area (TPSA) is 297 Å². The molecule has 12 aromatic heterocycles. The monoisotopic (exact) mass is 1250 g/mol. The summed E-state index contributed by atoms with van der Waals surface area (Å²) >= 11 is 17.3. The average molecular weight is 1250 g/mol. The molecule has 12 aromatic rings. The van der Waals surface area contributed by atoms with Gasteiger partial charge in [-0.15, -0.1) is 11.6 Å². The lowest BCUT2D eigenvalue weighted by Crippen LogP contribution is -2.30. The molecule has 2 aliphatic heterocycles. The minimum Gasteiger partial charge on any atom is -0.356 e. The fraction of sp³-hybridized carbons (Fsp3) is 0.210. The van der Waals surface area contributed by atoms with Crippen molar-refractivity contribution in [2.75, 3.05) is 47.6 Å². The molecule has 14 rings (SSSR count). The molecule has 89 heavy (non-hydrogen) atoms. The number of alkyl halides is 1.